The van der Waals surface area contributed by atoms with Crippen molar-refractivity contribution in [3.05, 3.63) is 39.1 Å². The van der Waals surface area contributed by atoms with E-state index in [1.807, 2.05) is 0 Å². The summed E-state index contributed by atoms with van der Waals surface area (Å²) in [6, 6.07) is 0. The average Bonchev–Trinajstić information content (AvgIpc) is 3.61. The lowest BCUT2D eigenvalue weighted by Gasteiger charge is -2.63. The number of ether oxygens (including phenoxy) is 3. The molecule has 0 radical (unpaired) electrons. The summed E-state index contributed by atoms with van der Waals surface area (Å²) in [5.41, 5.74) is -7.31. The molecule has 0 bridgehead atoms. The largest absolute Gasteiger partial charge is 0.493 e. The van der Waals surface area contributed by atoms with E-state index in [9.17, 15) is 24.3 Å². The van der Waals surface area contributed by atoms with Crippen molar-refractivity contribution >= 4 is 57.5 Å². The van der Waals surface area contributed by atoms with Gasteiger partial charge in [-0.05, 0) is 49.8 Å². The molecule has 4 fully saturated rings. The molecular weight excluding hydrogens is 638 g/mol. The van der Waals surface area contributed by atoms with E-state index in [1.54, 1.807) is 13.8 Å². The van der Waals surface area contributed by atoms with Gasteiger partial charge in [-0.3, -0.25) is 14.4 Å². The number of fused-ring (bicyclic) bond motifs is 5. The van der Waals surface area contributed by atoms with Crippen molar-refractivity contribution in [2.45, 2.75) is 75.2 Å². The third-order valence-electron chi connectivity index (χ3n) is 11.0. The highest BCUT2D eigenvalue weighted by Crippen LogP contribution is 2.72. The smallest absolute Gasteiger partial charge is 0.343 e. The van der Waals surface area contributed by atoms with Crippen LogP contribution in [0, 0.1) is 28.6 Å². The molecular formula is C31H33ClF2O8S2. The first-order valence-corrected chi connectivity index (χ1v) is 16.7. The lowest BCUT2D eigenvalue weighted by molar-refractivity contribution is -0.221. The van der Waals surface area contributed by atoms with Gasteiger partial charge in [0, 0.05) is 34.5 Å². The van der Waals surface area contributed by atoms with Crippen LogP contribution in [-0.2, 0) is 23.9 Å². The zero-order valence-corrected chi connectivity index (χ0v) is 27.0. The van der Waals surface area contributed by atoms with Crippen LogP contribution >= 0.6 is 34.7 Å². The van der Waals surface area contributed by atoms with Gasteiger partial charge in [0.2, 0.25) is 5.12 Å². The number of rotatable bonds is 5. The topological polar surface area (TPSA) is 116 Å². The van der Waals surface area contributed by atoms with Crippen LogP contribution in [0.4, 0.5) is 8.78 Å². The Morgan fingerprint density at radius 2 is 1.95 bits per heavy atom. The lowest BCUT2D eigenvalue weighted by atomic mass is 9.44. The summed E-state index contributed by atoms with van der Waals surface area (Å²) in [5, 5.41) is 11.8. The Hall–Kier alpha value is -2.28. The fourth-order valence-corrected chi connectivity index (χ4v) is 11.2. The molecule has 5 aliphatic rings. The van der Waals surface area contributed by atoms with E-state index in [4.69, 9.17) is 25.8 Å². The highest BCUT2D eigenvalue weighted by Gasteiger charge is 2.78. The Balaban J connectivity index is 1.47. The van der Waals surface area contributed by atoms with E-state index in [0.717, 1.165) is 29.2 Å². The van der Waals surface area contributed by atoms with Gasteiger partial charge in [0.05, 0.1) is 19.8 Å². The zero-order chi connectivity index (χ0) is 32.0. The Bertz CT molecular complexity index is 1510. The number of aliphatic hydroxyl groups excluding tert-OH is 1. The second kappa shape index (κ2) is 10.6. The number of carbonyl (C=O) groups excluding carboxylic acids is 4. The molecule has 0 unspecified atom stereocenters. The molecule has 0 spiro atoms. The summed E-state index contributed by atoms with van der Waals surface area (Å²) in [4.78, 5) is 53.0. The molecule has 44 heavy (non-hydrogen) atoms. The maximum Gasteiger partial charge on any atom is 0.343 e. The van der Waals surface area contributed by atoms with E-state index in [1.165, 1.54) is 31.6 Å². The van der Waals surface area contributed by atoms with Crippen LogP contribution in [0.5, 0.6) is 5.75 Å². The summed E-state index contributed by atoms with van der Waals surface area (Å²) in [6.45, 7) is 5.04. The number of alkyl halides is 2. The van der Waals surface area contributed by atoms with Crippen LogP contribution in [0.3, 0.4) is 0 Å². The van der Waals surface area contributed by atoms with E-state index in [-0.39, 0.29) is 53.5 Å². The molecule has 3 saturated carbocycles. The van der Waals surface area contributed by atoms with Gasteiger partial charge in [0.1, 0.15) is 21.3 Å². The predicted molar refractivity (Wildman–Crippen MR) is 159 cm³/mol. The lowest BCUT2D eigenvalue weighted by Crippen LogP contribution is -2.70. The second-order valence-electron chi connectivity index (χ2n) is 12.9. The molecule has 238 valence electrons. The van der Waals surface area contributed by atoms with Crippen LogP contribution in [0.25, 0.3) is 0 Å². The number of allylic oxidation sites excluding steroid dienone is 4. The Kier molecular flexibility index (Phi) is 7.66. The Morgan fingerprint density at radius 3 is 2.61 bits per heavy atom. The van der Waals surface area contributed by atoms with Gasteiger partial charge >= 0.3 is 11.9 Å². The second-order valence-corrected chi connectivity index (χ2v) is 15.6. The SMILES string of the molecule is COc1c(C(=O)O[C@]2(C(=O)S[C@H]3CCOC3=O)[C@H](C)C[C@H]3[C@@H]4C[C@H](F)C5=CC(=O)C=C[C@]5(C)[C@@]4(F)[C@@H](O)C[C@@]32C)csc1Cl. The molecule has 13 heteroatoms. The van der Waals surface area contributed by atoms with Crippen LogP contribution in [-0.4, -0.2) is 70.5 Å². The molecule has 0 amide bonds. The summed E-state index contributed by atoms with van der Waals surface area (Å²) in [5.74, 6) is -4.34. The maximum atomic E-state index is 17.7. The number of thiophene rings is 1. The minimum atomic E-state index is -2.38. The summed E-state index contributed by atoms with van der Waals surface area (Å²) >= 11 is 7.99. The van der Waals surface area contributed by atoms with Gasteiger partial charge in [0.15, 0.2) is 22.8 Å². The number of halogens is 3. The van der Waals surface area contributed by atoms with Crippen molar-refractivity contribution < 1.29 is 47.3 Å². The van der Waals surface area contributed by atoms with Gasteiger partial charge in [0.25, 0.3) is 0 Å². The van der Waals surface area contributed by atoms with Crippen LogP contribution in [0.15, 0.2) is 29.2 Å². The van der Waals surface area contributed by atoms with E-state index in [0.29, 0.717) is 0 Å². The van der Waals surface area contributed by atoms with E-state index in [2.05, 4.69) is 0 Å². The first-order valence-electron chi connectivity index (χ1n) is 14.5. The van der Waals surface area contributed by atoms with Gasteiger partial charge in [-0.2, -0.15) is 0 Å². The summed E-state index contributed by atoms with van der Waals surface area (Å²) < 4.78 is 50.5. The van der Waals surface area contributed by atoms with E-state index < -0.39 is 80.2 Å². The summed E-state index contributed by atoms with van der Waals surface area (Å²) in [7, 11) is 1.34. The Labute approximate surface area is 266 Å². The standard InChI is InChI=1S/C31H33ClF2O8S2/c1-14-9-17-18-11-20(33)19-10-15(35)5-7-28(19,2)30(18,34)22(36)12-29(17,3)31(14,27(39)44-21-6-8-41-26(21)38)42-25(37)16-13-43-24(32)23(16)40-4/h5,7,10,13-14,17-18,20-22,36H,6,8-9,11-12H2,1-4H3/t14-,17+,18+,20+,21+,22+,28+,29+,30+,31+/m1/s1. The number of ketones is 1. The quantitative estimate of drug-likeness (QED) is 0.409. The van der Waals surface area contributed by atoms with Gasteiger partial charge < -0.3 is 19.3 Å². The molecule has 10 atom stereocenters. The zero-order valence-electron chi connectivity index (χ0n) is 24.6. The molecule has 8 nitrogen and oxygen atoms in total. The molecule has 0 aromatic carbocycles. The normalized spacial score (nSPS) is 42.6. The number of hydrogen-bond acceptors (Lipinski definition) is 10. The van der Waals surface area contributed by atoms with Crippen molar-refractivity contribution in [1.29, 1.82) is 0 Å². The maximum absolute atomic E-state index is 17.7. The van der Waals surface area contributed by atoms with Crippen molar-refractivity contribution in [1.82, 2.24) is 0 Å². The van der Waals surface area contributed by atoms with Crippen molar-refractivity contribution in [2.24, 2.45) is 28.6 Å². The van der Waals surface area contributed by atoms with E-state index >= 15 is 8.78 Å². The highest BCUT2D eigenvalue weighted by atomic mass is 35.5. The predicted octanol–water partition coefficient (Wildman–Crippen LogP) is 5.45. The number of carbonyl (C=O) groups is 4. The third-order valence-corrected chi connectivity index (χ3v) is 13.4. The molecule has 1 aliphatic heterocycles. The van der Waals surface area contributed by atoms with Crippen molar-refractivity contribution in [3.8, 4) is 5.75 Å². The molecule has 6 rings (SSSR count). The van der Waals surface area contributed by atoms with Crippen LogP contribution in [0.1, 0.15) is 56.8 Å². The number of methoxy groups -OCH3 is 1. The monoisotopic (exact) mass is 670 g/mol. The average molecular weight is 671 g/mol. The minimum absolute atomic E-state index is 0.00353. The van der Waals surface area contributed by atoms with Gasteiger partial charge in [-0.1, -0.05) is 43.3 Å². The number of hydrogen-bond donors (Lipinski definition) is 1. The Morgan fingerprint density at radius 1 is 1.23 bits per heavy atom. The molecule has 4 aliphatic carbocycles. The van der Waals surface area contributed by atoms with Crippen LogP contribution in [0.2, 0.25) is 4.34 Å². The number of thioether (sulfide) groups is 1. The minimum Gasteiger partial charge on any atom is -0.493 e. The third kappa shape index (κ3) is 4.09. The van der Waals surface area contributed by atoms with Gasteiger partial charge in [-0.15, -0.1) is 11.3 Å². The first kappa shape index (κ1) is 31.7. The number of cyclic esters (lactones) is 1. The summed E-state index contributed by atoms with van der Waals surface area (Å²) in [6.07, 6.45) is 0.125. The van der Waals surface area contributed by atoms with Gasteiger partial charge in [-0.25, -0.2) is 13.6 Å². The van der Waals surface area contributed by atoms with Crippen LogP contribution < -0.4 is 4.74 Å². The molecule has 2 heterocycles. The highest BCUT2D eigenvalue weighted by molar-refractivity contribution is 8.14. The number of aliphatic hydroxyl groups is 1. The van der Waals surface area contributed by atoms with Crippen molar-refractivity contribution in [2.75, 3.05) is 13.7 Å². The molecule has 1 aromatic heterocycles. The number of esters is 2. The molecule has 1 saturated heterocycles. The molecule has 1 N–H and O–H groups in total. The molecule has 1 aromatic rings. The van der Waals surface area contributed by atoms with Crippen molar-refractivity contribution in [3.63, 3.8) is 0 Å². The first-order chi connectivity index (χ1) is 20.7. The fourth-order valence-electron chi connectivity index (χ4n) is 8.87. The fraction of sp³-hybridized carbons (Fsp3) is 0.613.